The summed E-state index contributed by atoms with van der Waals surface area (Å²) in [5.41, 5.74) is 1.40. The molecular weight excluding hydrogens is 346 g/mol. The molecule has 0 unspecified atom stereocenters. The molecule has 8 nitrogen and oxygen atoms in total. The van der Waals surface area contributed by atoms with E-state index in [1.165, 1.54) is 10.7 Å². The second-order valence-corrected chi connectivity index (χ2v) is 5.61. The number of rotatable bonds is 4. The monoisotopic (exact) mass is 357 g/mol. The number of nitro groups is 1. The Hall–Kier alpha value is -4.25. The average molecular weight is 357 g/mol. The minimum absolute atomic E-state index is 0.201. The molecule has 0 aliphatic heterocycles. The third kappa shape index (κ3) is 3.05. The Kier molecular flexibility index (Phi) is 3.95. The molecule has 0 saturated carbocycles. The van der Waals surface area contributed by atoms with Gasteiger partial charge in [0.25, 0.3) is 0 Å². The maximum absolute atomic E-state index is 10.9. The van der Waals surface area contributed by atoms with Crippen molar-refractivity contribution >= 4 is 11.3 Å². The molecule has 0 N–H and O–H groups in total. The Balaban J connectivity index is 1.71. The van der Waals surface area contributed by atoms with Crippen LogP contribution in [-0.4, -0.2) is 19.5 Å². The first kappa shape index (κ1) is 16.2. The van der Waals surface area contributed by atoms with Crippen LogP contribution in [0.4, 0.5) is 5.69 Å². The Morgan fingerprint density at radius 3 is 2.44 bits per heavy atom. The van der Waals surface area contributed by atoms with Gasteiger partial charge in [0, 0.05) is 5.56 Å². The van der Waals surface area contributed by atoms with Gasteiger partial charge in [-0.3, -0.25) is 10.1 Å². The Morgan fingerprint density at radius 2 is 1.78 bits per heavy atom. The van der Waals surface area contributed by atoms with E-state index in [4.69, 9.17) is 4.74 Å². The zero-order valence-corrected chi connectivity index (χ0v) is 13.8. The molecule has 8 heteroatoms. The van der Waals surface area contributed by atoms with Gasteiger partial charge < -0.3 is 4.74 Å². The van der Waals surface area contributed by atoms with Crippen LogP contribution in [0.3, 0.4) is 0 Å². The summed E-state index contributed by atoms with van der Waals surface area (Å²) >= 11 is 0. The van der Waals surface area contributed by atoms with Crippen LogP contribution < -0.4 is 4.74 Å². The fraction of sp³-hybridized carbons (Fsp3) is 0. The maximum atomic E-state index is 10.9. The zero-order valence-electron chi connectivity index (χ0n) is 13.8. The first-order valence-electron chi connectivity index (χ1n) is 7.92. The Bertz CT molecular complexity index is 1180. The van der Waals surface area contributed by atoms with E-state index in [1.54, 1.807) is 24.3 Å². The zero-order chi connectivity index (χ0) is 18.8. The Labute approximate surface area is 153 Å². The number of fused-ring (bicyclic) bond motifs is 1. The van der Waals surface area contributed by atoms with Gasteiger partial charge in [-0.15, -0.1) is 0 Å². The van der Waals surface area contributed by atoms with Crippen molar-refractivity contribution in [2.45, 2.75) is 0 Å². The minimum atomic E-state index is -0.560. The molecule has 4 aromatic rings. The van der Waals surface area contributed by atoms with Gasteiger partial charge in [0.05, 0.1) is 4.92 Å². The second-order valence-electron chi connectivity index (χ2n) is 5.61. The van der Waals surface area contributed by atoms with Crippen molar-refractivity contribution in [3.63, 3.8) is 0 Å². The fourth-order valence-electron chi connectivity index (χ4n) is 2.63. The van der Waals surface area contributed by atoms with Gasteiger partial charge in [-0.1, -0.05) is 18.2 Å². The van der Waals surface area contributed by atoms with Gasteiger partial charge in [-0.2, -0.15) is 10.4 Å². The van der Waals surface area contributed by atoms with Crippen LogP contribution in [-0.2, 0) is 0 Å². The van der Waals surface area contributed by atoms with E-state index < -0.39 is 4.92 Å². The molecule has 0 amide bonds. The van der Waals surface area contributed by atoms with E-state index in [9.17, 15) is 15.4 Å². The highest BCUT2D eigenvalue weighted by atomic mass is 16.6. The molecule has 0 spiro atoms. The molecule has 0 bridgehead atoms. The van der Waals surface area contributed by atoms with Crippen LogP contribution in [0.15, 0.2) is 67.0 Å². The van der Waals surface area contributed by atoms with Gasteiger partial charge in [0.15, 0.2) is 5.65 Å². The number of hydrogen-bond donors (Lipinski definition) is 0. The summed E-state index contributed by atoms with van der Waals surface area (Å²) in [6.45, 7) is 0. The summed E-state index contributed by atoms with van der Waals surface area (Å²) in [5.74, 6) is 1.35. The summed E-state index contributed by atoms with van der Waals surface area (Å²) in [5, 5.41) is 24.7. The summed E-state index contributed by atoms with van der Waals surface area (Å²) in [6, 6.07) is 18.5. The lowest BCUT2D eigenvalue weighted by Crippen LogP contribution is -1.95. The number of ether oxygens (including phenoxy) is 1. The van der Waals surface area contributed by atoms with E-state index in [0.29, 0.717) is 22.8 Å². The molecule has 0 aliphatic rings. The standard InChI is InChI=1S/C19H11N5O3/c20-10-17-18(22-23-12-14(24(25)26)11-21-19(17)23)13-6-8-16(9-7-13)27-15-4-2-1-3-5-15/h1-9,11-12H. The van der Waals surface area contributed by atoms with E-state index >= 15 is 0 Å². The topological polar surface area (TPSA) is 106 Å². The van der Waals surface area contributed by atoms with E-state index in [-0.39, 0.29) is 16.9 Å². The number of benzene rings is 2. The van der Waals surface area contributed by atoms with E-state index in [1.807, 2.05) is 30.3 Å². The molecule has 4 rings (SSSR count). The van der Waals surface area contributed by atoms with Crippen LogP contribution in [0.25, 0.3) is 16.9 Å². The van der Waals surface area contributed by atoms with E-state index in [2.05, 4.69) is 16.2 Å². The van der Waals surface area contributed by atoms with Gasteiger partial charge in [-0.05, 0) is 36.4 Å². The third-order valence-electron chi connectivity index (χ3n) is 3.89. The smallest absolute Gasteiger partial charge is 0.305 e. The molecule has 0 saturated heterocycles. The van der Waals surface area contributed by atoms with Crippen LogP contribution in [0, 0.1) is 21.4 Å². The first-order valence-corrected chi connectivity index (χ1v) is 7.92. The first-order chi connectivity index (χ1) is 13.2. The van der Waals surface area contributed by atoms with Crippen LogP contribution in [0.2, 0.25) is 0 Å². The lowest BCUT2D eigenvalue weighted by atomic mass is 10.1. The minimum Gasteiger partial charge on any atom is -0.457 e. The molecule has 2 heterocycles. The molecule has 0 fully saturated rings. The van der Waals surface area contributed by atoms with Crippen molar-refractivity contribution in [2.24, 2.45) is 0 Å². The van der Waals surface area contributed by atoms with E-state index in [0.717, 1.165) is 6.20 Å². The SMILES string of the molecule is N#Cc1c(-c2ccc(Oc3ccccc3)cc2)nn2cc([N+](=O)[O-])cnc12. The molecule has 0 radical (unpaired) electrons. The number of para-hydroxylation sites is 1. The van der Waals surface area contributed by atoms with Crippen LogP contribution in [0.5, 0.6) is 11.5 Å². The quantitative estimate of drug-likeness (QED) is 0.404. The molecule has 0 aliphatic carbocycles. The maximum Gasteiger partial charge on any atom is 0.305 e. The van der Waals surface area contributed by atoms with Crippen molar-refractivity contribution in [1.82, 2.24) is 14.6 Å². The van der Waals surface area contributed by atoms with Gasteiger partial charge in [0.2, 0.25) is 0 Å². The predicted molar refractivity (Wildman–Crippen MR) is 96.3 cm³/mol. The number of nitriles is 1. The summed E-state index contributed by atoms with van der Waals surface area (Å²) in [7, 11) is 0. The summed E-state index contributed by atoms with van der Waals surface area (Å²) in [4.78, 5) is 14.4. The molecule has 130 valence electrons. The highest BCUT2D eigenvalue weighted by molar-refractivity contribution is 5.75. The highest BCUT2D eigenvalue weighted by Crippen LogP contribution is 2.28. The molecule has 27 heavy (non-hydrogen) atoms. The average Bonchev–Trinajstić information content (AvgIpc) is 3.07. The largest absolute Gasteiger partial charge is 0.457 e. The Morgan fingerprint density at radius 1 is 1.07 bits per heavy atom. The molecule has 2 aromatic heterocycles. The van der Waals surface area contributed by atoms with Gasteiger partial charge in [0.1, 0.15) is 41.2 Å². The van der Waals surface area contributed by atoms with Crippen molar-refractivity contribution in [3.05, 3.63) is 82.7 Å². The van der Waals surface area contributed by atoms with Crippen LogP contribution in [0.1, 0.15) is 5.56 Å². The van der Waals surface area contributed by atoms with Crippen molar-refractivity contribution < 1.29 is 9.66 Å². The molecule has 0 atom stereocenters. The third-order valence-corrected chi connectivity index (χ3v) is 3.89. The van der Waals surface area contributed by atoms with Gasteiger partial charge in [-0.25, -0.2) is 9.50 Å². The van der Waals surface area contributed by atoms with Crippen LogP contribution >= 0.6 is 0 Å². The van der Waals surface area contributed by atoms with Crippen molar-refractivity contribution in [3.8, 4) is 28.8 Å². The molecule has 2 aromatic carbocycles. The summed E-state index contributed by atoms with van der Waals surface area (Å²) < 4.78 is 7.00. The lowest BCUT2D eigenvalue weighted by Gasteiger charge is -2.05. The second kappa shape index (κ2) is 6.57. The van der Waals surface area contributed by atoms with Crippen molar-refractivity contribution in [1.29, 1.82) is 5.26 Å². The fourth-order valence-corrected chi connectivity index (χ4v) is 2.63. The van der Waals surface area contributed by atoms with Crippen molar-refractivity contribution in [2.75, 3.05) is 0 Å². The number of aromatic nitrogens is 3. The lowest BCUT2D eigenvalue weighted by molar-refractivity contribution is -0.385. The number of hydrogen-bond acceptors (Lipinski definition) is 6. The number of nitrogens with zero attached hydrogens (tertiary/aromatic N) is 5. The highest BCUT2D eigenvalue weighted by Gasteiger charge is 2.18. The summed E-state index contributed by atoms with van der Waals surface area (Å²) in [6.07, 6.45) is 2.35. The normalized spacial score (nSPS) is 10.5. The predicted octanol–water partition coefficient (Wildman–Crippen LogP) is 3.97. The molecular formula is C19H11N5O3. The van der Waals surface area contributed by atoms with Gasteiger partial charge >= 0.3 is 5.69 Å².